The van der Waals surface area contributed by atoms with Gasteiger partial charge in [-0.3, -0.25) is 0 Å². The van der Waals surface area contributed by atoms with E-state index in [0.29, 0.717) is 13.1 Å². The van der Waals surface area contributed by atoms with Gasteiger partial charge in [-0.15, -0.1) is 0 Å². The largest absolute Gasteiger partial charge is 0.331 e. The van der Waals surface area contributed by atoms with E-state index in [1.165, 1.54) is 12.1 Å². The van der Waals surface area contributed by atoms with E-state index in [0.717, 1.165) is 10.5 Å². The molecule has 0 aliphatic heterocycles. The van der Waals surface area contributed by atoms with Crippen LogP contribution in [0, 0.1) is 6.92 Å². The Kier molecular flexibility index (Phi) is 3.80. The lowest BCUT2D eigenvalue weighted by Gasteiger charge is -2.29. The molecule has 3 heteroatoms. The zero-order valence-corrected chi connectivity index (χ0v) is 9.43. The van der Waals surface area contributed by atoms with E-state index in [-0.39, 0.29) is 5.56 Å². The van der Waals surface area contributed by atoms with E-state index in [2.05, 4.69) is 0 Å². The second-order valence-corrected chi connectivity index (χ2v) is 3.58. The van der Waals surface area contributed by atoms with Crippen molar-refractivity contribution in [1.29, 1.82) is 0 Å². The third-order valence-corrected chi connectivity index (χ3v) is 2.56. The van der Waals surface area contributed by atoms with Gasteiger partial charge in [0, 0.05) is 18.7 Å². The van der Waals surface area contributed by atoms with Gasteiger partial charge >= 0.3 is 6.05 Å². The van der Waals surface area contributed by atoms with Crippen LogP contribution in [0.2, 0.25) is 0 Å². The number of benzene rings is 1. The van der Waals surface area contributed by atoms with Crippen LogP contribution in [0.25, 0.3) is 0 Å². The average molecular weight is 213 g/mol. The normalized spacial score (nSPS) is 12.1. The van der Waals surface area contributed by atoms with Crippen LogP contribution in [-0.2, 0) is 6.05 Å². The van der Waals surface area contributed by atoms with Crippen LogP contribution < -0.4 is 0 Å². The first-order valence-electron chi connectivity index (χ1n) is 5.22. The van der Waals surface area contributed by atoms with Crippen molar-refractivity contribution in [3.8, 4) is 0 Å². The van der Waals surface area contributed by atoms with E-state index >= 15 is 0 Å². The highest BCUT2D eigenvalue weighted by molar-refractivity contribution is 5.24. The summed E-state index contributed by atoms with van der Waals surface area (Å²) in [4.78, 5) is 1.15. The Morgan fingerprint density at radius 3 is 1.93 bits per heavy atom. The van der Waals surface area contributed by atoms with Crippen LogP contribution in [0.15, 0.2) is 24.3 Å². The van der Waals surface area contributed by atoms with E-state index in [1.54, 1.807) is 26.0 Å². The summed E-state index contributed by atoms with van der Waals surface area (Å²) in [6, 6.07) is 3.55. The Balaban J connectivity index is 2.98. The minimum Gasteiger partial charge on any atom is -0.241 e. The fraction of sp³-hybridized carbons (Fsp3) is 0.500. The first-order valence-corrected chi connectivity index (χ1v) is 5.22. The maximum absolute atomic E-state index is 13.9. The summed E-state index contributed by atoms with van der Waals surface area (Å²) < 4.78 is 27.8. The topological polar surface area (TPSA) is 3.24 Å². The Morgan fingerprint density at radius 1 is 1.07 bits per heavy atom. The number of aryl methyl sites for hydroxylation is 1. The third-order valence-electron chi connectivity index (χ3n) is 2.56. The molecule has 0 unspecified atom stereocenters. The molecule has 1 nitrogen and oxygen atoms in total. The third kappa shape index (κ3) is 2.53. The van der Waals surface area contributed by atoms with Gasteiger partial charge in [-0.2, -0.15) is 8.78 Å². The highest BCUT2D eigenvalue weighted by atomic mass is 19.3. The lowest BCUT2D eigenvalue weighted by atomic mass is 10.1. The summed E-state index contributed by atoms with van der Waals surface area (Å²) in [5, 5.41) is 0. The molecule has 0 saturated carbocycles. The van der Waals surface area contributed by atoms with Crippen molar-refractivity contribution in [3.05, 3.63) is 35.4 Å². The van der Waals surface area contributed by atoms with Crippen molar-refractivity contribution < 1.29 is 8.78 Å². The van der Waals surface area contributed by atoms with Gasteiger partial charge in [-0.1, -0.05) is 43.7 Å². The van der Waals surface area contributed by atoms with Crippen LogP contribution in [0.5, 0.6) is 0 Å². The quantitative estimate of drug-likeness (QED) is 0.693. The molecule has 0 bridgehead atoms. The summed E-state index contributed by atoms with van der Waals surface area (Å²) in [6.07, 6.45) is 0. The maximum Gasteiger partial charge on any atom is 0.331 e. The molecule has 1 aromatic carbocycles. The molecule has 1 aromatic rings. The van der Waals surface area contributed by atoms with Gasteiger partial charge in [-0.25, -0.2) is 4.90 Å². The fourth-order valence-electron chi connectivity index (χ4n) is 1.56. The first kappa shape index (κ1) is 12.1. The standard InChI is InChI=1S/C12H17F2N/c1-4-15(5-2)12(13,14)11-8-6-10(3)7-9-11/h6-9H,4-5H2,1-3H3. The molecule has 0 amide bonds. The molecule has 1 rings (SSSR count). The summed E-state index contributed by atoms with van der Waals surface area (Å²) in [5.74, 6) is 0. The van der Waals surface area contributed by atoms with Gasteiger partial charge in [0.25, 0.3) is 0 Å². The summed E-state index contributed by atoms with van der Waals surface area (Å²) in [6.45, 7) is 6.06. The minimum absolute atomic E-state index is 0.0665. The molecule has 0 radical (unpaired) electrons. The molecule has 0 atom stereocenters. The Morgan fingerprint density at radius 2 is 1.53 bits per heavy atom. The summed E-state index contributed by atoms with van der Waals surface area (Å²) in [7, 11) is 0. The van der Waals surface area contributed by atoms with Crippen LogP contribution in [0.3, 0.4) is 0 Å². The molecule has 0 aliphatic carbocycles. The number of nitrogens with zero attached hydrogens (tertiary/aromatic N) is 1. The first-order chi connectivity index (χ1) is 7.02. The number of rotatable bonds is 4. The predicted octanol–water partition coefficient (Wildman–Crippen LogP) is 3.39. The number of hydrogen-bond acceptors (Lipinski definition) is 1. The Hall–Kier alpha value is -0.960. The van der Waals surface area contributed by atoms with Crippen molar-refractivity contribution in [2.24, 2.45) is 0 Å². The SMILES string of the molecule is CCN(CC)C(F)(F)c1ccc(C)cc1. The van der Waals surface area contributed by atoms with Gasteiger partial charge in [0.1, 0.15) is 0 Å². The van der Waals surface area contributed by atoms with Crippen molar-refractivity contribution in [3.63, 3.8) is 0 Å². The molecule has 0 fully saturated rings. The Labute approximate surface area is 89.7 Å². The molecular weight excluding hydrogens is 196 g/mol. The number of alkyl halides is 2. The number of hydrogen-bond donors (Lipinski definition) is 0. The molecule has 0 aromatic heterocycles. The smallest absolute Gasteiger partial charge is 0.241 e. The highest BCUT2D eigenvalue weighted by Gasteiger charge is 2.36. The zero-order chi connectivity index (χ0) is 11.5. The van der Waals surface area contributed by atoms with E-state index in [9.17, 15) is 8.78 Å². The van der Waals surface area contributed by atoms with E-state index in [4.69, 9.17) is 0 Å². The van der Waals surface area contributed by atoms with Crippen LogP contribution >= 0.6 is 0 Å². The molecule has 0 spiro atoms. The van der Waals surface area contributed by atoms with E-state index < -0.39 is 6.05 Å². The average Bonchev–Trinajstić information content (AvgIpc) is 2.19. The van der Waals surface area contributed by atoms with Crippen LogP contribution in [0.4, 0.5) is 8.78 Å². The monoisotopic (exact) mass is 213 g/mol. The molecule has 15 heavy (non-hydrogen) atoms. The second kappa shape index (κ2) is 4.71. The summed E-state index contributed by atoms with van der Waals surface area (Å²) >= 11 is 0. The zero-order valence-electron chi connectivity index (χ0n) is 9.43. The predicted molar refractivity (Wildman–Crippen MR) is 58.0 cm³/mol. The Bertz CT molecular complexity index is 302. The molecule has 0 saturated heterocycles. The van der Waals surface area contributed by atoms with Crippen LogP contribution in [-0.4, -0.2) is 18.0 Å². The van der Waals surface area contributed by atoms with Gasteiger partial charge in [0.05, 0.1) is 0 Å². The van der Waals surface area contributed by atoms with Gasteiger partial charge in [0.2, 0.25) is 0 Å². The maximum atomic E-state index is 13.9. The molecule has 84 valence electrons. The molecule has 0 aliphatic rings. The molecular formula is C12H17F2N. The molecule has 0 heterocycles. The van der Waals surface area contributed by atoms with E-state index in [1.807, 2.05) is 6.92 Å². The van der Waals surface area contributed by atoms with Crippen molar-refractivity contribution >= 4 is 0 Å². The lowest BCUT2D eigenvalue weighted by Crippen LogP contribution is -2.38. The minimum atomic E-state index is -2.86. The second-order valence-electron chi connectivity index (χ2n) is 3.58. The van der Waals surface area contributed by atoms with Gasteiger partial charge in [0.15, 0.2) is 0 Å². The van der Waals surface area contributed by atoms with Crippen LogP contribution in [0.1, 0.15) is 25.0 Å². The van der Waals surface area contributed by atoms with Crippen molar-refractivity contribution in [1.82, 2.24) is 4.90 Å². The highest BCUT2D eigenvalue weighted by Crippen LogP contribution is 2.31. The number of halogens is 2. The van der Waals surface area contributed by atoms with Gasteiger partial charge in [-0.05, 0) is 6.92 Å². The molecule has 0 N–H and O–H groups in total. The lowest BCUT2D eigenvalue weighted by molar-refractivity contribution is -0.150. The fourth-order valence-corrected chi connectivity index (χ4v) is 1.56. The van der Waals surface area contributed by atoms with Gasteiger partial charge < -0.3 is 0 Å². The summed E-state index contributed by atoms with van der Waals surface area (Å²) in [5.41, 5.74) is 1.06. The van der Waals surface area contributed by atoms with Crippen molar-refractivity contribution in [2.75, 3.05) is 13.1 Å². The van der Waals surface area contributed by atoms with Crippen molar-refractivity contribution in [2.45, 2.75) is 26.8 Å².